The van der Waals surface area contributed by atoms with Crippen molar-refractivity contribution >= 4 is 33.1 Å². The molecule has 2 rings (SSSR count). The Morgan fingerprint density at radius 2 is 2.17 bits per heavy atom. The number of halogens is 3. The third kappa shape index (κ3) is 2.41. The van der Waals surface area contributed by atoms with Crippen molar-refractivity contribution in [3.63, 3.8) is 0 Å². The molecule has 1 amide bonds. The van der Waals surface area contributed by atoms with E-state index in [4.69, 9.17) is 5.26 Å². The molecule has 1 aromatic heterocycles. The number of nitriles is 1. The summed E-state index contributed by atoms with van der Waals surface area (Å²) in [7, 11) is 0. The van der Waals surface area contributed by atoms with Crippen molar-refractivity contribution in [1.29, 1.82) is 5.26 Å². The molecule has 4 nitrogen and oxygen atoms in total. The topological polar surface area (TPSA) is 65.8 Å². The monoisotopic (exact) mass is 271 g/mol. The van der Waals surface area contributed by atoms with Crippen molar-refractivity contribution < 1.29 is 18.0 Å². The Morgan fingerprint density at radius 3 is 2.78 bits per heavy atom. The summed E-state index contributed by atoms with van der Waals surface area (Å²) in [4.78, 5) is 14.7. The predicted molar refractivity (Wildman–Crippen MR) is 59.0 cm³/mol. The molecule has 0 spiro atoms. The van der Waals surface area contributed by atoms with Gasteiger partial charge in [-0.1, -0.05) is 0 Å². The van der Waals surface area contributed by atoms with Crippen LogP contribution in [0.15, 0.2) is 18.2 Å². The molecule has 0 atom stereocenters. The van der Waals surface area contributed by atoms with Gasteiger partial charge in [-0.3, -0.25) is 4.79 Å². The summed E-state index contributed by atoms with van der Waals surface area (Å²) >= 11 is 1.04. The second kappa shape index (κ2) is 4.27. The van der Waals surface area contributed by atoms with Crippen molar-refractivity contribution in [3.05, 3.63) is 23.2 Å². The number of thiazole rings is 1. The van der Waals surface area contributed by atoms with Gasteiger partial charge in [0.05, 0.1) is 10.2 Å². The Labute approximate surface area is 103 Å². The summed E-state index contributed by atoms with van der Waals surface area (Å²) in [5.41, 5.74) is 0.513. The Morgan fingerprint density at radius 1 is 1.44 bits per heavy atom. The first-order valence-corrected chi connectivity index (χ1v) is 5.40. The maximum atomic E-state index is 12.0. The number of hydrogen-bond acceptors (Lipinski definition) is 4. The second-order valence-electron chi connectivity index (χ2n) is 3.27. The van der Waals surface area contributed by atoms with E-state index in [1.165, 1.54) is 18.2 Å². The number of anilines is 1. The predicted octanol–water partition coefficient (Wildman–Crippen LogP) is 2.67. The smallest absolute Gasteiger partial charge is 0.318 e. The van der Waals surface area contributed by atoms with E-state index in [0.29, 0.717) is 10.2 Å². The summed E-state index contributed by atoms with van der Waals surface area (Å²) in [6.07, 6.45) is -4.93. The van der Waals surface area contributed by atoms with Crippen LogP contribution in [0.3, 0.4) is 0 Å². The van der Waals surface area contributed by atoms with E-state index >= 15 is 0 Å². The molecule has 1 N–H and O–H groups in total. The van der Waals surface area contributed by atoms with Gasteiger partial charge in [-0.25, -0.2) is 4.98 Å². The number of carbonyl (C=O) groups excluding carboxylic acids is 1. The Bertz CT molecular complexity index is 656. The van der Waals surface area contributed by atoms with Crippen LogP contribution in [0.4, 0.5) is 18.9 Å². The molecule has 0 saturated heterocycles. The molecule has 1 aromatic carbocycles. The zero-order valence-corrected chi connectivity index (χ0v) is 9.39. The van der Waals surface area contributed by atoms with E-state index in [1.807, 2.05) is 6.07 Å². The van der Waals surface area contributed by atoms with Crippen LogP contribution in [0.2, 0.25) is 0 Å². The van der Waals surface area contributed by atoms with Crippen molar-refractivity contribution in [2.45, 2.75) is 6.18 Å². The molecule has 0 unspecified atom stereocenters. The first kappa shape index (κ1) is 12.3. The first-order chi connectivity index (χ1) is 8.40. The van der Waals surface area contributed by atoms with Gasteiger partial charge < -0.3 is 5.32 Å². The Kier molecular flexibility index (Phi) is 2.92. The minimum Gasteiger partial charge on any atom is -0.318 e. The molecule has 0 aliphatic carbocycles. The number of rotatable bonds is 1. The summed E-state index contributed by atoms with van der Waals surface area (Å²) in [6.45, 7) is 0. The normalized spacial score (nSPS) is 11.2. The molecule has 0 aliphatic heterocycles. The largest absolute Gasteiger partial charge is 0.471 e. The fourth-order valence-electron chi connectivity index (χ4n) is 1.25. The van der Waals surface area contributed by atoms with E-state index in [0.717, 1.165) is 11.3 Å². The molecule has 92 valence electrons. The van der Waals surface area contributed by atoms with Crippen LogP contribution in [-0.4, -0.2) is 17.1 Å². The third-order valence-electron chi connectivity index (χ3n) is 2.00. The molecule has 1 heterocycles. The lowest BCUT2D eigenvalue weighted by atomic mass is 10.3. The average molecular weight is 271 g/mol. The van der Waals surface area contributed by atoms with E-state index in [9.17, 15) is 18.0 Å². The Hall–Kier alpha value is -2.14. The van der Waals surface area contributed by atoms with Gasteiger partial charge in [0.25, 0.3) is 0 Å². The van der Waals surface area contributed by atoms with Crippen molar-refractivity contribution in [2.75, 3.05) is 5.32 Å². The molecule has 2 aromatic rings. The van der Waals surface area contributed by atoms with E-state index in [1.54, 1.807) is 5.32 Å². The Balaban J connectivity index is 2.31. The van der Waals surface area contributed by atoms with Crippen LogP contribution in [0.1, 0.15) is 5.01 Å². The molecule has 0 aliphatic rings. The number of amides is 1. The van der Waals surface area contributed by atoms with Gasteiger partial charge in [0.2, 0.25) is 0 Å². The summed E-state index contributed by atoms with van der Waals surface area (Å²) in [5.74, 6) is -2.04. The van der Waals surface area contributed by atoms with Gasteiger partial charge in [0.1, 0.15) is 6.07 Å². The van der Waals surface area contributed by atoms with Gasteiger partial charge in [-0.15, -0.1) is 11.3 Å². The molecule has 0 fully saturated rings. The van der Waals surface area contributed by atoms with Crippen LogP contribution < -0.4 is 5.32 Å². The van der Waals surface area contributed by atoms with E-state index < -0.39 is 12.1 Å². The quantitative estimate of drug-likeness (QED) is 0.867. The number of alkyl halides is 3. The number of benzene rings is 1. The third-order valence-corrected chi connectivity index (χ3v) is 2.92. The molecule has 0 bridgehead atoms. The zero-order chi connectivity index (χ0) is 13.3. The number of aromatic nitrogens is 1. The molecule has 18 heavy (non-hydrogen) atoms. The van der Waals surface area contributed by atoms with Gasteiger partial charge >= 0.3 is 12.1 Å². The van der Waals surface area contributed by atoms with Crippen LogP contribution in [0.5, 0.6) is 0 Å². The van der Waals surface area contributed by atoms with Crippen LogP contribution in [0, 0.1) is 11.3 Å². The van der Waals surface area contributed by atoms with Crippen LogP contribution in [-0.2, 0) is 4.79 Å². The lowest BCUT2D eigenvalue weighted by molar-refractivity contribution is -0.167. The van der Waals surface area contributed by atoms with Crippen molar-refractivity contribution in [3.8, 4) is 6.07 Å². The van der Waals surface area contributed by atoms with Gasteiger partial charge in [-0.2, -0.15) is 18.4 Å². The standard InChI is InChI=1S/C10H4F3N3OS/c11-10(12,13)9(17)15-5-1-2-6-7(3-5)18-8(4-14)16-6/h1-3H,(H,15,17). The lowest BCUT2D eigenvalue weighted by Crippen LogP contribution is -2.29. The van der Waals surface area contributed by atoms with E-state index in [-0.39, 0.29) is 10.7 Å². The molecule has 0 radical (unpaired) electrons. The van der Waals surface area contributed by atoms with Gasteiger partial charge in [-0.05, 0) is 18.2 Å². The fraction of sp³-hybridized carbons (Fsp3) is 0.100. The second-order valence-corrected chi connectivity index (χ2v) is 4.30. The fourth-order valence-corrected chi connectivity index (χ4v) is 2.05. The summed E-state index contributed by atoms with van der Waals surface area (Å²) in [5, 5.41) is 10.6. The van der Waals surface area contributed by atoms with Crippen molar-refractivity contribution in [2.24, 2.45) is 0 Å². The number of nitrogens with one attached hydrogen (secondary N) is 1. The summed E-state index contributed by atoms with van der Waals surface area (Å²) in [6, 6.07) is 5.93. The van der Waals surface area contributed by atoms with Crippen LogP contribution in [0.25, 0.3) is 10.2 Å². The zero-order valence-electron chi connectivity index (χ0n) is 8.58. The minimum atomic E-state index is -4.93. The number of fused-ring (bicyclic) bond motifs is 1. The lowest BCUT2D eigenvalue weighted by Gasteiger charge is -2.07. The average Bonchev–Trinajstić information content (AvgIpc) is 2.69. The number of carbonyl (C=O) groups is 1. The van der Waals surface area contributed by atoms with Gasteiger partial charge in [0, 0.05) is 5.69 Å². The minimum absolute atomic E-state index is 0.0120. The maximum Gasteiger partial charge on any atom is 0.471 e. The number of nitrogens with zero attached hydrogens (tertiary/aromatic N) is 2. The highest BCUT2D eigenvalue weighted by atomic mass is 32.1. The number of hydrogen-bond donors (Lipinski definition) is 1. The first-order valence-electron chi connectivity index (χ1n) is 4.59. The van der Waals surface area contributed by atoms with Crippen LogP contribution >= 0.6 is 11.3 Å². The van der Waals surface area contributed by atoms with Crippen molar-refractivity contribution in [1.82, 2.24) is 4.98 Å². The molecule has 8 heteroatoms. The SMILES string of the molecule is N#Cc1nc2ccc(NC(=O)C(F)(F)F)cc2s1. The highest BCUT2D eigenvalue weighted by Gasteiger charge is 2.38. The molecular weight excluding hydrogens is 267 g/mol. The summed E-state index contributed by atoms with van der Waals surface area (Å²) < 4.78 is 36.7. The highest BCUT2D eigenvalue weighted by Crippen LogP contribution is 2.26. The molecule has 0 saturated carbocycles. The highest BCUT2D eigenvalue weighted by molar-refractivity contribution is 7.19. The van der Waals surface area contributed by atoms with Gasteiger partial charge in [0.15, 0.2) is 5.01 Å². The maximum absolute atomic E-state index is 12.0. The van der Waals surface area contributed by atoms with E-state index in [2.05, 4.69) is 4.98 Å². The molecular formula is C10H4F3N3OS.